The average molecular weight is 573 g/mol. The minimum absolute atomic E-state index is 0.0139. The van der Waals surface area contributed by atoms with E-state index < -0.39 is 16.6 Å². The van der Waals surface area contributed by atoms with E-state index in [0.29, 0.717) is 11.8 Å². The van der Waals surface area contributed by atoms with E-state index >= 15 is 0 Å². The van der Waals surface area contributed by atoms with Gasteiger partial charge in [0, 0.05) is 12.3 Å². The third kappa shape index (κ3) is 6.84. The van der Waals surface area contributed by atoms with Crippen LogP contribution in [0.4, 0.5) is 0 Å². The monoisotopic (exact) mass is 572 g/mol. The lowest BCUT2D eigenvalue weighted by Crippen LogP contribution is -2.49. The molecule has 0 aliphatic heterocycles. The van der Waals surface area contributed by atoms with Gasteiger partial charge in [0.1, 0.15) is 6.29 Å². The Morgan fingerprint density at radius 1 is 0.974 bits per heavy atom. The van der Waals surface area contributed by atoms with Gasteiger partial charge in [-0.1, -0.05) is 79.7 Å². The molecule has 0 aromatic rings. The number of rotatable bonds is 7. The number of fused-ring (bicyclic) bond motifs is 1. The quantitative estimate of drug-likeness (QED) is 0.225. The molecule has 0 amide bonds. The smallest absolute Gasteiger partial charge is 0.192 e. The van der Waals surface area contributed by atoms with Crippen molar-refractivity contribution >= 4 is 22.9 Å². The molecule has 0 saturated heterocycles. The molecule has 3 fully saturated rings. The highest BCUT2D eigenvalue weighted by molar-refractivity contribution is 6.74. The highest BCUT2D eigenvalue weighted by Gasteiger charge is 2.51. The van der Waals surface area contributed by atoms with E-state index in [-0.39, 0.29) is 33.6 Å². The molecule has 3 rings (SSSR count). The normalized spacial score (nSPS) is 33.9. The Morgan fingerprint density at radius 2 is 1.56 bits per heavy atom. The fraction of sp³-hybridized carbons (Fsp3) is 0.794. The van der Waals surface area contributed by atoms with E-state index in [0.717, 1.165) is 18.4 Å². The molecule has 222 valence electrons. The fourth-order valence-corrected chi connectivity index (χ4v) is 9.67. The van der Waals surface area contributed by atoms with Crippen LogP contribution in [0, 0.1) is 23.2 Å². The van der Waals surface area contributed by atoms with Crippen molar-refractivity contribution in [3.8, 4) is 0 Å². The Morgan fingerprint density at radius 3 is 2.13 bits per heavy atom. The summed E-state index contributed by atoms with van der Waals surface area (Å²) in [5.41, 5.74) is 4.29. The van der Waals surface area contributed by atoms with E-state index in [1.54, 1.807) is 5.57 Å². The zero-order valence-corrected chi connectivity index (χ0v) is 29.5. The van der Waals surface area contributed by atoms with Gasteiger partial charge < -0.3 is 13.6 Å². The molecule has 0 heterocycles. The molecule has 0 N–H and O–H groups in total. The van der Waals surface area contributed by atoms with Gasteiger partial charge in [-0.15, -0.1) is 0 Å². The first-order chi connectivity index (χ1) is 17.7. The summed E-state index contributed by atoms with van der Waals surface area (Å²) in [5, 5.41) is 0.323. The van der Waals surface area contributed by atoms with Crippen LogP contribution in [0.2, 0.25) is 36.3 Å². The first kappa shape index (κ1) is 32.8. The van der Waals surface area contributed by atoms with Crippen LogP contribution in [-0.4, -0.2) is 35.1 Å². The molecule has 39 heavy (non-hydrogen) atoms. The first-order valence-electron chi connectivity index (χ1n) is 15.6. The molecule has 3 saturated carbocycles. The molecule has 0 aromatic carbocycles. The second kappa shape index (κ2) is 11.5. The van der Waals surface area contributed by atoms with Crippen molar-refractivity contribution in [3.05, 3.63) is 35.5 Å². The third-order valence-electron chi connectivity index (χ3n) is 11.6. The van der Waals surface area contributed by atoms with E-state index in [4.69, 9.17) is 8.85 Å². The van der Waals surface area contributed by atoms with Gasteiger partial charge in [0.05, 0.1) is 12.2 Å². The molecular formula is C34H60O3Si2. The highest BCUT2D eigenvalue weighted by Crippen LogP contribution is 2.59. The molecule has 6 atom stereocenters. The Balaban J connectivity index is 1.93. The second-order valence-electron chi connectivity index (χ2n) is 16.4. The van der Waals surface area contributed by atoms with Gasteiger partial charge in [0.2, 0.25) is 0 Å². The Hall–Kier alpha value is -0.756. The van der Waals surface area contributed by atoms with E-state index in [9.17, 15) is 4.79 Å². The lowest BCUT2D eigenvalue weighted by molar-refractivity contribution is -0.113. The summed E-state index contributed by atoms with van der Waals surface area (Å²) in [6.45, 7) is 32.6. The number of allylic oxidation sites excluding steroid dienone is 3. The van der Waals surface area contributed by atoms with E-state index in [1.165, 1.54) is 44.0 Å². The van der Waals surface area contributed by atoms with E-state index in [2.05, 4.69) is 100 Å². The lowest BCUT2D eigenvalue weighted by atomic mass is 9.61. The van der Waals surface area contributed by atoms with Crippen LogP contribution in [0.3, 0.4) is 0 Å². The maximum Gasteiger partial charge on any atom is 0.192 e. The molecule has 3 nitrogen and oxygen atoms in total. The number of carbonyl (C=O) groups excluding carboxylic acids is 1. The summed E-state index contributed by atoms with van der Waals surface area (Å²) in [6, 6.07) is 0. The van der Waals surface area contributed by atoms with Crippen molar-refractivity contribution in [2.75, 3.05) is 0 Å². The molecule has 0 aromatic heterocycles. The number of carbonyl (C=O) groups is 1. The molecule has 3 aliphatic rings. The zero-order valence-electron chi connectivity index (χ0n) is 27.5. The molecule has 4 unspecified atom stereocenters. The highest BCUT2D eigenvalue weighted by atomic mass is 28.4. The van der Waals surface area contributed by atoms with Crippen molar-refractivity contribution < 1.29 is 13.6 Å². The molecule has 0 bridgehead atoms. The average Bonchev–Trinajstić information content (AvgIpc) is 3.15. The topological polar surface area (TPSA) is 35.5 Å². The standard InChI is InChI=1S/C34H60O3Si2/c1-24(23-35)29-18-19-30-26(15-14-20-34(29,30)9)16-17-27-21-28(36-38(10,11)32(3,4)5)22-31(25(27)2)37-39(12,13)33(6,7)8/h16-17,23-24,28-31H,2,14-15,18-22H2,1,3-13H3/b26-16+,27-17-/t24-,28?,29?,30?,31?,34+/m0/s1. The van der Waals surface area contributed by atoms with Gasteiger partial charge in [0.25, 0.3) is 0 Å². The largest absolute Gasteiger partial charge is 0.413 e. The van der Waals surface area contributed by atoms with Crippen LogP contribution in [0.1, 0.15) is 100 Å². The summed E-state index contributed by atoms with van der Waals surface area (Å²) in [5.74, 6) is 1.24. The van der Waals surface area contributed by atoms with Crippen molar-refractivity contribution in [1.82, 2.24) is 0 Å². The van der Waals surface area contributed by atoms with Gasteiger partial charge in [-0.25, -0.2) is 0 Å². The molecule has 0 radical (unpaired) electrons. The molecule has 3 aliphatic carbocycles. The third-order valence-corrected chi connectivity index (χ3v) is 20.6. The Kier molecular flexibility index (Phi) is 9.65. The predicted octanol–water partition coefficient (Wildman–Crippen LogP) is 10.0. The van der Waals surface area contributed by atoms with Crippen LogP contribution >= 0.6 is 0 Å². The predicted molar refractivity (Wildman–Crippen MR) is 172 cm³/mol. The Labute approximate surface area is 243 Å². The van der Waals surface area contributed by atoms with Gasteiger partial charge in [-0.3, -0.25) is 0 Å². The van der Waals surface area contributed by atoms with Gasteiger partial charge >= 0.3 is 0 Å². The minimum atomic E-state index is -1.97. The second-order valence-corrected chi connectivity index (χ2v) is 25.9. The fourth-order valence-electron chi connectivity index (χ4n) is 7.00. The minimum Gasteiger partial charge on any atom is -0.413 e. The van der Waals surface area contributed by atoms with Gasteiger partial charge in [-0.2, -0.15) is 0 Å². The van der Waals surface area contributed by atoms with Crippen LogP contribution in [-0.2, 0) is 13.6 Å². The maximum absolute atomic E-state index is 11.7. The first-order valence-corrected chi connectivity index (χ1v) is 21.4. The van der Waals surface area contributed by atoms with Crippen LogP contribution in [0.5, 0.6) is 0 Å². The summed E-state index contributed by atoms with van der Waals surface area (Å²) in [4.78, 5) is 11.7. The van der Waals surface area contributed by atoms with Crippen LogP contribution in [0.15, 0.2) is 35.5 Å². The number of hydrogen-bond acceptors (Lipinski definition) is 3. The van der Waals surface area contributed by atoms with Crippen molar-refractivity contribution in [3.63, 3.8) is 0 Å². The van der Waals surface area contributed by atoms with Crippen LogP contribution in [0.25, 0.3) is 0 Å². The van der Waals surface area contributed by atoms with E-state index in [1.807, 2.05) is 0 Å². The van der Waals surface area contributed by atoms with Gasteiger partial charge in [-0.05, 0) is 103 Å². The summed E-state index contributed by atoms with van der Waals surface area (Å²) in [6.07, 6.45) is 14.0. The molecule has 0 spiro atoms. The van der Waals surface area contributed by atoms with Gasteiger partial charge in [0.15, 0.2) is 16.6 Å². The zero-order chi connectivity index (χ0) is 29.6. The molecular weight excluding hydrogens is 513 g/mol. The maximum atomic E-state index is 11.7. The lowest BCUT2D eigenvalue weighted by Gasteiger charge is -2.45. The molecule has 5 heteroatoms. The van der Waals surface area contributed by atoms with Crippen molar-refractivity contribution in [2.24, 2.45) is 23.2 Å². The Bertz CT molecular complexity index is 977. The van der Waals surface area contributed by atoms with Crippen LogP contribution < -0.4 is 0 Å². The number of hydrogen-bond donors (Lipinski definition) is 0. The summed E-state index contributed by atoms with van der Waals surface area (Å²) in [7, 11) is -3.89. The summed E-state index contributed by atoms with van der Waals surface area (Å²) >= 11 is 0. The van der Waals surface area contributed by atoms with Crippen molar-refractivity contribution in [1.29, 1.82) is 0 Å². The van der Waals surface area contributed by atoms with Crippen molar-refractivity contribution in [2.45, 2.75) is 149 Å². The summed E-state index contributed by atoms with van der Waals surface area (Å²) < 4.78 is 14.0. The number of aldehydes is 1. The SMILES string of the molecule is C=C1/C(=C\C=C2/CCC[C@@]3(C)C2CCC3[C@@H](C)C=O)CC(O[Si](C)(C)C(C)(C)C)CC1O[Si](C)(C)C(C)(C)C.